The minimum atomic E-state index is -5.03. The Kier molecular flexibility index (Phi) is 7.67. The van der Waals surface area contributed by atoms with Crippen molar-refractivity contribution in [3.8, 4) is 11.8 Å². The van der Waals surface area contributed by atoms with Crippen molar-refractivity contribution in [1.82, 2.24) is 4.90 Å². The van der Waals surface area contributed by atoms with Gasteiger partial charge in [0.2, 0.25) is 6.23 Å². The molecule has 178 valence electrons. The lowest BCUT2D eigenvalue weighted by molar-refractivity contribution is -0.770. The van der Waals surface area contributed by atoms with Crippen LogP contribution in [0.4, 0.5) is 26.3 Å². The molecular formula is C20H22F6N2O4. The summed E-state index contributed by atoms with van der Waals surface area (Å²) >= 11 is 0. The second-order valence-electron chi connectivity index (χ2n) is 8.20. The van der Waals surface area contributed by atoms with Crippen LogP contribution in [0.3, 0.4) is 0 Å². The molecule has 0 aromatic heterocycles. The monoisotopic (exact) mass is 468 g/mol. The number of hydrogen-bond donors (Lipinski definition) is 1. The molecule has 0 amide bonds. The molecule has 0 spiro atoms. The van der Waals surface area contributed by atoms with Gasteiger partial charge in [-0.15, -0.1) is 10.1 Å². The number of halogens is 6. The fraction of sp³-hybridized carbons (Fsp3) is 0.600. The molecule has 1 fully saturated rings. The van der Waals surface area contributed by atoms with Crippen molar-refractivity contribution >= 4 is 0 Å². The molecule has 1 saturated heterocycles. The van der Waals surface area contributed by atoms with Crippen LogP contribution in [0.15, 0.2) is 18.2 Å². The number of aliphatic hydroxyl groups excluding tert-OH is 1. The number of likely N-dealkylation sites (tertiary alicyclic amines) is 1. The first-order chi connectivity index (χ1) is 14.6. The van der Waals surface area contributed by atoms with Crippen LogP contribution in [-0.2, 0) is 17.2 Å². The van der Waals surface area contributed by atoms with Crippen LogP contribution >= 0.6 is 0 Å². The summed E-state index contributed by atoms with van der Waals surface area (Å²) in [6.07, 6.45) is -10.4. The van der Waals surface area contributed by atoms with E-state index >= 15 is 0 Å². The third-order valence-corrected chi connectivity index (χ3v) is 5.49. The third kappa shape index (κ3) is 6.74. The van der Waals surface area contributed by atoms with E-state index in [-0.39, 0.29) is 37.1 Å². The average molecular weight is 468 g/mol. The molecule has 1 heterocycles. The predicted octanol–water partition coefficient (Wildman–Crippen LogP) is 4.34. The van der Waals surface area contributed by atoms with Crippen molar-refractivity contribution in [1.29, 1.82) is 0 Å². The molecule has 1 N–H and O–H groups in total. The molecule has 12 heteroatoms. The summed E-state index contributed by atoms with van der Waals surface area (Å²) in [5.74, 6) is 4.57. The number of nitrogens with zero attached hydrogens (tertiary/aromatic N) is 2. The SMILES string of the molecule is CC(C)(CO)C1CCN(C(C#Cc2cc(C(F)(F)F)cc(C(F)(F)F)c2)O[N+](=O)[O-])CC1. The van der Waals surface area contributed by atoms with Gasteiger partial charge in [-0.25, -0.2) is 0 Å². The molecule has 0 bridgehead atoms. The number of piperidine rings is 1. The summed E-state index contributed by atoms with van der Waals surface area (Å²) in [5.41, 5.74) is -4.03. The van der Waals surface area contributed by atoms with Gasteiger partial charge in [0.25, 0.3) is 5.09 Å². The summed E-state index contributed by atoms with van der Waals surface area (Å²) in [6, 6.07) is 0.868. The van der Waals surface area contributed by atoms with Crippen LogP contribution in [0.5, 0.6) is 0 Å². The second-order valence-corrected chi connectivity index (χ2v) is 8.20. The largest absolute Gasteiger partial charge is 0.416 e. The summed E-state index contributed by atoms with van der Waals surface area (Å²) in [5, 5.41) is 19.2. The molecule has 1 unspecified atom stereocenters. The number of benzene rings is 1. The van der Waals surface area contributed by atoms with Gasteiger partial charge < -0.3 is 5.11 Å². The van der Waals surface area contributed by atoms with E-state index in [1.807, 2.05) is 13.8 Å². The van der Waals surface area contributed by atoms with Gasteiger partial charge in [-0.2, -0.15) is 26.3 Å². The summed E-state index contributed by atoms with van der Waals surface area (Å²) in [7, 11) is 0. The fourth-order valence-electron chi connectivity index (χ4n) is 3.48. The standard InChI is InChI=1S/C20H22F6N2O4/c1-18(2,12-29)14-5-7-27(8-6-14)17(32-28(30)31)4-3-13-9-15(19(21,22)23)11-16(10-13)20(24,25)26/h9-11,14,17,29H,5-8,12H2,1-2H3. The second kappa shape index (κ2) is 9.54. The first-order valence-corrected chi connectivity index (χ1v) is 9.60. The zero-order valence-electron chi connectivity index (χ0n) is 17.3. The zero-order valence-corrected chi connectivity index (χ0v) is 17.3. The van der Waals surface area contributed by atoms with E-state index in [9.17, 15) is 41.6 Å². The Hall–Kier alpha value is -2.52. The molecule has 6 nitrogen and oxygen atoms in total. The van der Waals surface area contributed by atoms with Gasteiger partial charge in [-0.05, 0) is 42.4 Å². The van der Waals surface area contributed by atoms with Crippen LogP contribution in [0.2, 0.25) is 0 Å². The number of hydrogen-bond acceptors (Lipinski definition) is 5. The lowest BCUT2D eigenvalue weighted by Gasteiger charge is -2.40. The Morgan fingerprint density at radius 2 is 1.62 bits per heavy atom. The zero-order chi connectivity index (χ0) is 24.3. The lowest BCUT2D eigenvalue weighted by Crippen LogP contribution is -2.46. The first kappa shape index (κ1) is 25.7. The van der Waals surface area contributed by atoms with Gasteiger partial charge in [-0.3, -0.25) is 9.74 Å². The Morgan fingerprint density at radius 1 is 1.12 bits per heavy atom. The van der Waals surface area contributed by atoms with E-state index in [2.05, 4.69) is 16.7 Å². The number of alkyl halides is 6. The maximum absolute atomic E-state index is 13.0. The van der Waals surface area contributed by atoms with Gasteiger partial charge >= 0.3 is 12.4 Å². The molecule has 1 aromatic carbocycles. The summed E-state index contributed by atoms with van der Waals surface area (Å²) in [6.45, 7) is 4.28. The molecule has 2 rings (SSSR count). The molecular weight excluding hydrogens is 446 g/mol. The van der Waals surface area contributed by atoms with E-state index in [1.54, 1.807) is 0 Å². The molecule has 1 aliphatic rings. The smallest absolute Gasteiger partial charge is 0.396 e. The van der Waals surface area contributed by atoms with E-state index < -0.39 is 40.4 Å². The highest BCUT2D eigenvalue weighted by Gasteiger charge is 2.37. The number of aliphatic hydroxyl groups is 1. The van der Waals surface area contributed by atoms with Crippen molar-refractivity contribution in [3.05, 3.63) is 45.0 Å². The van der Waals surface area contributed by atoms with Crippen molar-refractivity contribution in [2.75, 3.05) is 19.7 Å². The quantitative estimate of drug-likeness (QED) is 0.301. The van der Waals surface area contributed by atoms with Crippen molar-refractivity contribution < 1.29 is 41.4 Å². The van der Waals surface area contributed by atoms with E-state index in [4.69, 9.17) is 0 Å². The van der Waals surface area contributed by atoms with Crippen LogP contribution in [0, 0.1) is 33.3 Å². The lowest BCUT2D eigenvalue weighted by atomic mass is 9.74. The van der Waals surface area contributed by atoms with Crippen molar-refractivity contribution in [2.24, 2.45) is 11.3 Å². The van der Waals surface area contributed by atoms with Crippen molar-refractivity contribution in [3.63, 3.8) is 0 Å². The first-order valence-electron chi connectivity index (χ1n) is 9.60. The fourth-order valence-corrected chi connectivity index (χ4v) is 3.48. The van der Waals surface area contributed by atoms with Crippen LogP contribution in [0.1, 0.15) is 43.4 Å². The van der Waals surface area contributed by atoms with Crippen LogP contribution in [0.25, 0.3) is 0 Å². The highest BCUT2D eigenvalue weighted by Crippen LogP contribution is 2.37. The van der Waals surface area contributed by atoms with Gasteiger partial charge in [-0.1, -0.05) is 25.7 Å². The Labute approximate surface area is 180 Å². The van der Waals surface area contributed by atoms with E-state index in [1.165, 1.54) is 4.90 Å². The van der Waals surface area contributed by atoms with Crippen LogP contribution in [-0.4, -0.2) is 41.0 Å². The molecule has 0 saturated carbocycles. The average Bonchev–Trinajstić information content (AvgIpc) is 2.69. The van der Waals surface area contributed by atoms with E-state index in [0.29, 0.717) is 25.0 Å². The minimum absolute atomic E-state index is 0.0239. The maximum atomic E-state index is 13.0. The maximum Gasteiger partial charge on any atom is 0.416 e. The highest BCUT2D eigenvalue weighted by atomic mass is 19.4. The molecule has 0 aliphatic carbocycles. The minimum Gasteiger partial charge on any atom is -0.396 e. The summed E-state index contributed by atoms with van der Waals surface area (Å²) < 4.78 is 78.0. The third-order valence-electron chi connectivity index (χ3n) is 5.49. The van der Waals surface area contributed by atoms with Crippen LogP contribution < -0.4 is 0 Å². The highest BCUT2D eigenvalue weighted by molar-refractivity contribution is 5.43. The van der Waals surface area contributed by atoms with E-state index in [0.717, 1.165) is 0 Å². The number of rotatable bonds is 5. The molecule has 1 atom stereocenters. The van der Waals surface area contributed by atoms with Gasteiger partial charge in [0.15, 0.2) is 0 Å². The van der Waals surface area contributed by atoms with Gasteiger partial charge in [0.05, 0.1) is 11.1 Å². The Bertz CT molecular complexity index is 849. The van der Waals surface area contributed by atoms with Gasteiger partial charge in [0.1, 0.15) is 0 Å². The Morgan fingerprint density at radius 3 is 2.03 bits per heavy atom. The topological polar surface area (TPSA) is 75.8 Å². The molecule has 0 radical (unpaired) electrons. The normalized spacial score (nSPS) is 17.4. The summed E-state index contributed by atoms with van der Waals surface area (Å²) in [4.78, 5) is 16.9. The predicted molar refractivity (Wildman–Crippen MR) is 100 cm³/mol. The molecule has 1 aliphatic heterocycles. The van der Waals surface area contributed by atoms with Gasteiger partial charge in [0, 0.05) is 25.3 Å². The molecule has 32 heavy (non-hydrogen) atoms. The Balaban J connectivity index is 2.32. The van der Waals surface area contributed by atoms with Crippen molar-refractivity contribution in [2.45, 2.75) is 45.3 Å². The molecule has 1 aromatic rings.